The SMILES string of the molecule is CCCOc1c(/C=C(\C#N)C(=O)Nc2ccccc2)cccc1OCC. The Morgan fingerprint density at radius 3 is 2.54 bits per heavy atom. The van der Waals surface area contributed by atoms with Crippen LogP contribution in [-0.4, -0.2) is 19.1 Å². The summed E-state index contributed by atoms with van der Waals surface area (Å²) in [4.78, 5) is 12.4. The van der Waals surface area contributed by atoms with Gasteiger partial charge in [0.25, 0.3) is 5.91 Å². The molecule has 1 amide bonds. The summed E-state index contributed by atoms with van der Waals surface area (Å²) in [6, 6.07) is 16.4. The molecule has 0 radical (unpaired) electrons. The summed E-state index contributed by atoms with van der Waals surface area (Å²) in [5.41, 5.74) is 1.25. The molecule has 0 aliphatic carbocycles. The molecule has 0 aliphatic heterocycles. The normalized spacial score (nSPS) is 10.7. The van der Waals surface area contributed by atoms with Gasteiger partial charge in [0.1, 0.15) is 11.6 Å². The van der Waals surface area contributed by atoms with Gasteiger partial charge in [-0.15, -0.1) is 0 Å². The molecule has 5 heteroatoms. The molecule has 26 heavy (non-hydrogen) atoms. The van der Waals surface area contributed by atoms with E-state index in [-0.39, 0.29) is 5.57 Å². The predicted molar refractivity (Wildman–Crippen MR) is 102 cm³/mol. The zero-order valence-electron chi connectivity index (χ0n) is 15.0. The summed E-state index contributed by atoms with van der Waals surface area (Å²) in [7, 11) is 0. The second kappa shape index (κ2) is 9.90. The van der Waals surface area contributed by atoms with Gasteiger partial charge in [0.05, 0.1) is 13.2 Å². The van der Waals surface area contributed by atoms with Crippen LogP contribution in [0, 0.1) is 11.3 Å². The van der Waals surface area contributed by atoms with Crippen molar-refractivity contribution in [1.82, 2.24) is 0 Å². The summed E-state index contributed by atoms with van der Waals surface area (Å²) in [6.07, 6.45) is 2.36. The molecule has 0 atom stereocenters. The van der Waals surface area contributed by atoms with Crippen LogP contribution in [-0.2, 0) is 4.79 Å². The average molecular weight is 350 g/mol. The summed E-state index contributed by atoms with van der Waals surface area (Å²) >= 11 is 0. The summed E-state index contributed by atoms with van der Waals surface area (Å²) < 4.78 is 11.4. The standard InChI is InChI=1S/C21H22N2O3/c1-3-13-26-20-16(9-8-12-19(20)25-4-2)14-17(15-22)21(24)23-18-10-6-5-7-11-18/h5-12,14H,3-4,13H2,1-2H3,(H,23,24)/b17-14+. The number of amides is 1. The third-order valence-corrected chi connectivity index (χ3v) is 3.46. The molecular weight excluding hydrogens is 328 g/mol. The van der Waals surface area contributed by atoms with Crippen molar-refractivity contribution in [2.24, 2.45) is 0 Å². The van der Waals surface area contributed by atoms with Gasteiger partial charge < -0.3 is 14.8 Å². The van der Waals surface area contributed by atoms with Gasteiger partial charge in [0.15, 0.2) is 11.5 Å². The van der Waals surface area contributed by atoms with E-state index >= 15 is 0 Å². The Bertz CT molecular complexity index is 808. The van der Waals surface area contributed by atoms with E-state index in [1.807, 2.05) is 44.2 Å². The lowest BCUT2D eigenvalue weighted by Crippen LogP contribution is -2.13. The number of carbonyl (C=O) groups is 1. The van der Waals surface area contributed by atoms with E-state index in [1.54, 1.807) is 24.3 Å². The quantitative estimate of drug-likeness (QED) is 0.565. The molecule has 0 heterocycles. The van der Waals surface area contributed by atoms with E-state index in [2.05, 4.69) is 5.32 Å². The fourth-order valence-corrected chi connectivity index (χ4v) is 2.30. The van der Waals surface area contributed by atoms with E-state index < -0.39 is 5.91 Å². The molecule has 0 spiro atoms. The highest BCUT2D eigenvalue weighted by Crippen LogP contribution is 2.33. The van der Waals surface area contributed by atoms with Gasteiger partial charge >= 0.3 is 0 Å². The van der Waals surface area contributed by atoms with Gasteiger partial charge in [-0.25, -0.2) is 0 Å². The van der Waals surface area contributed by atoms with Crippen LogP contribution in [0.4, 0.5) is 5.69 Å². The summed E-state index contributed by atoms with van der Waals surface area (Å²) in [6.45, 7) is 4.91. The van der Waals surface area contributed by atoms with Crippen molar-refractivity contribution in [2.75, 3.05) is 18.5 Å². The van der Waals surface area contributed by atoms with Gasteiger partial charge in [-0.2, -0.15) is 5.26 Å². The van der Waals surface area contributed by atoms with E-state index in [1.165, 1.54) is 6.08 Å². The Balaban J connectivity index is 2.33. The summed E-state index contributed by atoms with van der Waals surface area (Å²) in [5, 5.41) is 12.1. The molecule has 1 N–H and O–H groups in total. The molecule has 0 saturated carbocycles. The predicted octanol–water partition coefficient (Wildman–Crippen LogP) is 4.42. The highest BCUT2D eigenvalue weighted by molar-refractivity contribution is 6.09. The van der Waals surface area contributed by atoms with Crippen LogP contribution in [0.15, 0.2) is 54.1 Å². The van der Waals surface area contributed by atoms with Crippen LogP contribution >= 0.6 is 0 Å². The van der Waals surface area contributed by atoms with Crippen LogP contribution in [0.1, 0.15) is 25.8 Å². The van der Waals surface area contributed by atoms with Crippen molar-refractivity contribution in [2.45, 2.75) is 20.3 Å². The fraction of sp³-hybridized carbons (Fsp3) is 0.238. The van der Waals surface area contributed by atoms with Crippen molar-refractivity contribution in [3.8, 4) is 17.6 Å². The first kappa shape index (κ1) is 19.1. The lowest BCUT2D eigenvalue weighted by atomic mass is 10.1. The second-order valence-electron chi connectivity index (χ2n) is 5.45. The number of hydrogen-bond donors (Lipinski definition) is 1. The van der Waals surface area contributed by atoms with Gasteiger partial charge in [0, 0.05) is 11.3 Å². The smallest absolute Gasteiger partial charge is 0.266 e. The van der Waals surface area contributed by atoms with Crippen LogP contribution < -0.4 is 14.8 Å². The Hall–Kier alpha value is -3.26. The fourth-order valence-electron chi connectivity index (χ4n) is 2.30. The number of nitriles is 1. The number of carbonyl (C=O) groups excluding carboxylic acids is 1. The molecule has 2 aromatic carbocycles. The molecule has 0 saturated heterocycles. The number of nitrogens with one attached hydrogen (secondary N) is 1. The lowest BCUT2D eigenvalue weighted by Gasteiger charge is -2.14. The number of ether oxygens (including phenoxy) is 2. The number of para-hydroxylation sites is 2. The van der Waals surface area contributed by atoms with Crippen molar-refractivity contribution in [3.05, 3.63) is 59.7 Å². The highest BCUT2D eigenvalue weighted by Gasteiger charge is 2.14. The minimum absolute atomic E-state index is 0.0103. The number of anilines is 1. The zero-order chi connectivity index (χ0) is 18.8. The van der Waals surface area contributed by atoms with Gasteiger partial charge in [-0.05, 0) is 37.6 Å². The van der Waals surface area contributed by atoms with Crippen molar-refractivity contribution < 1.29 is 14.3 Å². The molecule has 0 aliphatic rings. The van der Waals surface area contributed by atoms with Gasteiger partial charge in [0.2, 0.25) is 0 Å². The number of rotatable bonds is 8. The third kappa shape index (κ3) is 5.12. The van der Waals surface area contributed by atoms with Gasteiger partial charge in [-0.3, -0.25) is 4.79 Å². The number of hydrogen-bond acceptors (Lipinski definition) is 4. The molecule has 0 bridgehead atoms. The third-order valence-electron chi connectivity index (χ3n) is 3.46. The maximum atomic E-state index is 12.4. The van der Waals surface area contributed by atoms with E-state index in [0.29, 0.717) is 36.0 Å². The highest BCUT2D eigenvalue weighted by atomic mass is 16.5. The van der Waals surface area contributed by atoms with Crippen LogP contribution in [0.2, 0.25) is 0 Å². The van der Waals surface area contributed by atoms with Gasteiger partial charge in [-0.1, -0.05) is 37.3 Å². The Morgan fingerprint density at radius 2 is 1.88 bits per heavy atom. The second-order valence-corrected chi connectivity index (χ2v) is 5.45. The first-order valence-corrected chi connectivity index (χ1v) is 8.56. The van der Waals surface area contributed by atoms with E-state index in [9.17, 15) is 10.1 Å². The first-order chi connectivity index (χ1) is 12.7. The molecule has 5 nitrogen and oxygen atoms in total. The molecule has 0 aromatic heterocycles. The first-order valence-electron chi connectivity index (χ1n) is 8.56. The molecule has 2 aromatic rings. The number of nitrogens with zero attached hydrogens (tertiary/aromatic N) is 1. The van der Waals surface area contributed by atoms with Crippen LogP contribution in [0.5, 0.6) is 11.5 Å². The number of benzene rings is 2. The monoisotopic (exact) mass is 350 g/mol. The van der Waals surface area contributed by atoms with Crippen molar-refractivity contribution >= 4 is 17.7 Å². The molecular formula is C21H22N2O3. The maximum Gasteiger partial charge on any atom is 0.266 e. The molecule has 134 valence electrons. The van der Waals surface area contributed by atoms with Crippen LogP contribution in [0.3, 0.4) is 0 Å². The molecule has 0 fully saturated rings. The zero-order valence-corrected chi connectivity index (χ0v) is 15.0. The topological polar surface area (TPSA) is 71.3 Å². The largest absolute Gasteiger partial charge is 0.490 e. The van der Waals surface area contributed by atoms with Crippen LogP contribution in [0.25, 0.3) is 6.08 Å². The average Bonchev–Trinajstić information content (AvgIpc) is 2.66. The van der Waals surface area contributed by atoms with Crippen molar-refractivity contribution in [3.63, 3.8) is 0 Å². The Kier molecular flexibility index (Phi) is 7.26. The van der Waals surface area contributed by atoms with E-state index in [4.69, 9.17) is 9.47 Å². The minimum atomic E-state index is -0.470. The molecule has 2 rings (SSSR count). The Labute approximate surface area is 153 Å². The Morgan fingerprint density at radius 1 is 1.12 bits per heavy atom. The molecule has 0 unspecified atom stereocenters. The van der Waals surface area contributed by atoms with Crippen molar-refractivity contribution in [1.29, 1.82) is 5.26 Å². The maximum absolute atomic E-state index is 12.4. The lowest BCUT2D eigenvalue weighted by molar-refractivity contribution is -0.112. The summed E-state index contributed by atoms with van der Waals surface area (Å²) in [5.74, 6) is 0.661. The minimum Gasteiger partial charge on any atom is -0.490 e. The van der Waals surface area contributed by atoms with E-state index in [0.717, 1.165) is 6.42 Å².